The molecule has 0 bridgehead atoms. The van der Waals surface area contributed by atoms with Crippen LogP contribution in [0.1, 0.15) is 23.2 Å². The summed E-state index contributed by atoms with van der Waals surface area (Å²) in [7, 11) is 0. The Kier molecular flexibility index (Phi) is 6.45. The average Bonchev–Trinajstić information content (AvgIpc) is 3.17. The fraction of sp³-hybridized carbons (Fsp3) is 0.208. The van der Waals surface area contributed by atoms with Crippen molar-refractivity contribution in [1.82, 2.24) is 9.97 Å². The number of amides is 1. The number of carbonyl (C=O) groups is 1. The van der Waals surface area contributed by atoms with Crippen LogP contribution < -0.4 is 4.90 Å². The molecule has 2 aromatic carbocycles. The van der Waals surface area contributed by atoms with Crippen LogP contribution in [0.4, 0.5) is 5.13 Å². The Hall–Kier alpha value is -2.70. The lowest BCUT2D eigenvalue weighted by Crippen LogP contribution is -2.30. The summed E-state index contributed by atoms with van der Waals surface area (Å²) >= 11 is 3.27. The molecule has 0 atom stereocenters. The van der Waals surface area contributed by atoms with Crippen molar-refractivity contribution >= 4 is 44.4 Å². The number of thioether (sulfide) groups is 1. The van der Waals surface area contributed by atoms with Gasteiger partial charge in [-0.2, -0.15) is 0 Å². The molecule has 0 fully saturated rings. The van der Waals surface area contributed by atoms with E-state index < -0.39 is 0 Å². The Morgan fingerprint density at radius 2 is 1.87 bits per heavy atom. The minimum absolute atomic E-state index is 0.0671. The van der Waals surface area contributed by atoms with Crippen molar-refractivity contribution in [3.05, 3.63) is 83.7 Å². The highest BCUT2D eigenvalue weighted by Gasteiger charge is 2.21. The molecule has 0 aliphatic carbocycles. The predicted octanol–water partition coefficient (Wildman–Crippen LogP) is 6.02. The number of aromatic nitrogens is 2. The molecular weight excluding hydrogens is 410 g/mol. The quantitative estimate of drug-likeness (QED) is 0.334. The van der Waals surface area contributed by atoms with Crippen molar-refractivity contribution < 1.29 is 4.79 Å². The monoisotopic (exact) mass is 433 g/mol. The van der Waals surface area contributed by atoms with Crippen LogP contribution in [-0.4, -0.2) is 21.6 Å². The summed E-state index contributed by atoms with van der Waals surface area (Å²) in [5.41, 5.74) is 4.17. The zero-order valence-corrected chi connectivity index (χ0v) is 18.7. The van der Waals surface area contributed by atoms with Crippen molar-refractivity contribution in [3.63, 3.8) is 0 Å². The lowest BCUT2D eigenvalue weighted by atomic mass is 10.1. The lowest BCUT2D eigenvalue weighted by Gasteiger charge is -2.19. The molecule has 30 heavy (non-hydrogen) atoms. The first-order valence-electron chi connectivity index (χ1n) is 9.86. The van der Waals surface area contributed by atoms with Gasteiger partial charge in [-0.05, 0) is 55.3 Å². The van der Waals surface area contributed by atoms with Crippen LogP contribution >= 0.6 is 23.1 Å². The van der Waals surface area contributed by atoms with E-state index >= 15 is 0 Å². The smallest absolute Gasteiger partial charge is 0.229 e. The zero-order valence-electron chi connectivity index (χ0n) is 17.0. The van der Waals surface area contributed by atoms with Crippen LogP contribution in [0.25, 0.3) is 10.2 Å². The third-order valence-electron chi connectivity index (χ3n) is 4.72. The van der Waals surface area contributed by atoms with Gasteiger partial charge in [-0.25, -0.2) is 4.98 Å². The molecule has 0 unspecified atom stereocenters. The first-order valence-corrected chi connectivity index (χ1v) is 11.7. The molecule has 2 aromatic heterocycles. The van der Waals surface area contributed by atoms with Crippen LogP contribution in [0, 0.1) is 13.8 Å². The van der Waals surface area contributed by atoms with Gasteiger partial charge in [-0.1, -0.05) is 41.7 Å². The number of hydrogen-bond donors (Lipinski definition) is 0. The minimum atomic E-state index is 0.0671. The van der Waals surface area contributed by atoms with Gasteiger partial charge in [0.15, 0.2) is 5.13 Å². The van der Waals surface area contributed by atoms with Crippen molar-refractivity contribution in [2.75, 3.05) is 10.7 Å². The van der Waals surface area contributed by atoms with E-state index in [4.69, 9.17) is 4.98 Å². The maximum atomic E-state index is 13.2. The summed E-state index contributed by atoms with van der Waals surface area (Å²) in [5.74, 6) is 0.794. The van der Waals surface area contributed by atoms with E-state index in [0.717, 1.165) is 32.4 Å². The van der Waals surface area contributed by atoms with Crippen molar-refractivity contribution in [2.45, 2.75) is 31.7 Å². The topological polar surface area (TPSA) is 46.1 Å². The Balaban J connectivity index is 1.57. The fourth-order valence-corrected chi connectivity index (χ4v) is 5.32. The Morgan fingerprint density at radius 3 is 2.63 bits per heavy atom. The Bertz CT molecular complexity index is 1140. The molecular formula is C24H23N3OS2. The van der Waals surface area contributed by atoms with Gasteiger partial charge < -0.3 is 0 Å². The number of pyridine rings is 1. The van der Waals surface area contributed by atoms with Crippen molar-refractivity contribution in [3.8, 4) is 0 Å². The molecule has 4 nitrogen and oxygen atoms in total. The molecule has 4 aromatic rings. The molecule has 2 heterocycles. The first-order chi connectivity index (χ1) is 14.6. The molecule has 0 spiro atoms. The molecule has 6 heteroatoms. The van der Waals surface area contributed by atoms with Crippen molar-refractivity contribution in [2.24, 2.45) is 0 Å². The Morgan fingerprint density at radius 1 is 1.07 bits per heavy atom. The van der Waals surface area contributed by atoms with Crippen LogP contribution in [0.2, 0.25) is 0 Å². The van der Waals surface area contributed by atoms with Gasteiger partial charge in [0.1, 0.15) is 0 Å². The van der Waals surface area contributed by atoms with E-state index in [0.29, 0.717) is 13.0 Å². The van der Waals surface area contributed by atoms with Crippen LogP contribution in [-0.2, 0) is 11.3 Å². The second-order valence-electron chi connectivity index (χ2n) is 7.14. The van der Waals surface area contributed by atoms with Gasteiger partial charge in [0, 0.05) is 23.3 Å². The highest BCUT2D eigenvalue weighted by molar-refractivity contribution is 7.99. The van der Waals surface area contributed by atoms with Gasteiger partial charge in [-0.15, -0.1) is 11.8 Å². The average molecular weight is 434 g/mol. The van der Waals surface area contributed by atoms with Gasteiger partial charge in [-0.3, -0.25) is 14.7 Å². The van der Waals surface area contributed by atoms with E-state index in [1.807, 2.05) is 36.4 Å². The summed E-state index contributed by atoms with van der Waals surface area (Å²) in [6.07, 6.45) is 2.20. The molecule has 0 saturated carbocycles. The number of benzene rings is 2. The van der Waals surface area contributed by atoms with E-state index in [1.165, 1.54) is 10.5 Å². The SMILES string of the molecule is Cc1cc(C)c2nc(N(Cc3ccccn3)C(=O)CCSc3ccccc3)sc2c1. The molecule has 0 aliphatic rings. The normalized spacial score (nSPS) is 11.0. The number of rotatable bonds is 7. The van der Waals surface area contributed by atoms with Crippen molar-refractivity contribution in [1.29, 1.82) is 0 Å². The number of fused-ring (bicyclic) bond motifs is 1. The molecule has 0 N–H and O–H groups in total. The summed E-state index contributed by atoms with van der Waals surface area (Å²) in [6.45, 7) is 4.58. The Labute approximate surface area is 185 Å². The number of hydrogen-bond acceptors (Lipinski definition) is 5. The van der Waals surface area contributed by atoms with Crippen LogP contribution in [0.15, 0.2) is 71.8 Å². The third-order valence-corrected chi connectivity index (χ3v) is 6.76. The predicted molar refractivity (Wildman–Crippen MR) is 126 cm³/mol. The van der Waals surface area contributed by atoms with E-state index in [9.17, 15) is 4.79 Å². The molecule has 0 radical (unpaired) electrons. The van der Waals surface area contributed by atoms with Gasteiger partial charge in [0.2, 0.25) is 5.91 Å². The van der Waals surface area contributed by atoms with Crippen LogP contribution in [0.3, 0.4) is 0 Å². The maximum absolute atomic E-state index is 13.2. The number of aryl methyl sites for hydroxylation is 2. The van der Waals surface area contributed by atoms with Gasteiger partial charge >= 0.3 is 0 Å². The fourth-order valence-electron chi connectivity index (χ4n) is 3.30. The number of anilines is 1. The van der Waals surface area contributed by atoms with E-state index in [2.05, 4.69) is 43.1 Å². The third kappa shape index (κ3) is 4.89. The number of carbonyl (C=O) groups excluding carboxylic acids is 1. The molecule has 152 valence electrons. The highest BCUT2D eigenvalue weighted by Crippen LogP contribution is 2.33. The molecule has 0 aliphatic heterocycles. The number of thiazole rings is 1. The highest BCUT2D eigenvalue weighted by atomic mass is 32.2. The second kappa shape index (κ2) is 9.41. The van der Waals surface area contributed by atoms with Gasteiger partial charge in [0.05, 0.1) is 22.5 Å². The largest absolute Gasteiger partial charge is 0.282 e. The van der Waals surface area contributed by atoms with Crippen LogP contribution in [0.5, 0.6) is 0 Å². The molecule has 0 saturated heterocycles. The molecule has 1 amide bonds. The summed E-state index contributed by atoms with van der Waals surface area (Å²) in [4.78, 5) is 25.4. The zero-order chi connectivity index (χ0) is 20.9. The summed E-state index contributed by atoms with van der Waals surface area (Å²) < 4.78 is 1.11. The first kappa shape index (κ1) is 20.6. The van der Waals surface area contributed by atoms with E-state index in [1.54, 1.807) is 34.2 Å². The maximum Gasteiger partial charge on any atom is 0.229 e. The summed E-state index contributed by atoms with van der Waals surface area (Å²) in [6, 6.07) is 20.2. The standard InChI is InChI=1S/C24H23N3OS2/c1-17-14-18(2)23-21(15-17)30-24(26-23)27(16-19-8-6-7-12-25-19)22(28)11-13-29-20-9-4-3-5-10-20/h3-10,12,14-15H,11,13,16H2,1-2H3. The van der Waals surface area contributed by atoms with E-state index in [-0.39, 0.29) is 5.91 Å². The second-order valence-corrected chi connectivity index (χ2v) is 9.31. The minimum Gasteiger partial charge on any atom is -0.282 e. The number of nitrogens with zero attached hydrogens (tertiary/aromatic N) is 3. The summed E-state index contributed by atoms with van der Waals surface area (Å²) in [5, 5.41) is 0.735. The molecule has 4 rings (SSSR count). The lowest BCUT2D eigenvalue weighted by molar-refractivity contribution is -0.118. The van der Waals surface area contributed by atoms with Gasteiger partial charge in [0.25, 0.3) is 0 Å².